The molecule has 14 aliphatic rings. The second-order valence-corrected chi connectivity index (χ2v) is 40.4. The molecule has 0 saturated carbocycles. The summed E-state index contributed by atoms with van der Waals surface area (Å²) >= 11 is 0. The van der Waals surface area contributed by atoms with Crippen molar-refractivity contribution in [1.29, 1.82) is 0 Å². The average Bonchev–Trinajstić information content (AvgIpc) is 0.909. The Morgan fingerprint density at radius 2 is 0.686 bits per heavy atom. The topological polar surface area (TPSA) is 120 Å². The molecule has 12 nitrogen and oxygen atoms in total. The summed E-state index contributed by atoms with van der Waals surface area (Å²) in [5, 5.41) is 14.4. The third-order valence-electron chi connectivity index (χ3n) is 33.0. The number of fused-ring (bicyclic) bond motifs is 10. The van der Waals surface area contributed by atoms with Crippen molar-refractivity contribution in [2.75, 3.05) is 0 Å². The highest BCUT2D eigenvalue weighted by Gasteiger charge is 2.53. The Morgan fingerprint density at radius 3 is 1.16 bits per heavy atom. The lowest BCUT2D eigenvalue weighted by molar-refractivity contribution is -0.670. The van der Waals surface area contributed by atoms with Gasteiger partial charge in [0.15, 0.2) is 23.6 Å². The minimum absolute atomic E-state index is 0.0889. The van der Waals surface area contributed by atoms with Crippen LogP contribution in [0.15, 0.2) is 322 Å². The van der Waals surface area contributed by atoms with E-state index in [0.29, 0.717) is 23.3 Å². The molecule has 0 N–H and O–H groups in total. The first-order valence-electron chi connectivity index (χ1n) is 49.2. The number of nitrogens with zero attached hydrogens (tertiary/aromatic N) is 8. The molecule has 8 atom stereocenters. The van der Waals surface area contributed by atoms with E-state index >= 15 is 0 Å². The van der Waals surface area contributed by atoms with E-state index in [0.717, 1.165) is 118 Å². The molecule has 0 fully saturated rings. The maximum Gasteiger partial charge on any atom is 0.235 e. The fourth-order valence-corrected chi connectivity index (χ4v) is 27.0. The number of aryl methyl sites for hydroxylation is 8. The van der Waals surface area contributed by atoms with Gasteiger partial charge in [-0.1, -0.05) is 206 Å². The lowest BCUT2D eigenvalue weighted by Crippen LogP contribution is -2.45. The first kappa shape index (κ1) is 80.8. The van der Waals surface area contributed by atoms with Gasteiger partial charge in [0.05, 0.1) is 72.2 Å². The van der Waals surface area contributed by atoms with Crippen LogP contribution in [-0.2, 0) is 28.2 Å². The second-order valence-electron chi connectivity index (χ2n) is 40.4. The molecule has 668 valence electrons. The van der Waals surface area contributed by atoms with E-state index in [1.165, 1.54) is 183 Å². The van der Waals surface area contributed by atoms with E-state index in [1.54, 1.807) is 6.20 Å². The number of furan rings is 4. The quantitative estimate of drug-likeness (QED) is 0.160. The van der Waals surface area contributed by atoms with Crippen LogP contribution in [0.1, 0.15) is 228 Å². The van der Waals surface area contributed by atoms with Crippen LogP contribution in [0.25, 0.3) is 135 Å². The summed E-state index contributed by atoms with van der Waals surface area (Å²) in [5.74, 6) is 1.55. The molecule has 8 unspecified atom stereocenters. The number of aromatic nitrogens is 8. The summed E-state index contributed by atoms with van der Waals surface area (Å²) in [6, 6.07) is 92.0. The largest absolute Gasteiger partial charge is 0.471 e. The first-order chi connectivity index (χ1) is 68.6. The van der Waals surface area contributed by atoms with Crippen molar-refractivity contribution >= 4 is 90.0 Å². The van der Waals surface area contributed by atoms with Gasteiger partial charge >= 0.3 is 0 Å². The Bertz CT molecular complexity index is 9630. The molecule has 22 aromatic rings. The molecule has 0 radical (unpaired) electrons. The lowest BCUT2D eigenvalue weighted by Gasteiger charge is -2.42. The minimum Gasteiger partial charge on any atom is -0.471 e. The fraction of sp³-hybridized carbons (Fsp3) is 0.156. The van der Waals surface area contributed by atoms with Crippen LogP contribution in [0.5, 0.6) is 0 Å². The summed E-state index contributed by atoms with van der Waals surface area (Å²) in [4.78, 5) is 19.6. The van der Waals surface area contributed by atoms with Gasteiger partial charge in [-0.2, -0.15) is 9.13 Å². The Balaban J connectivity index is 0.0000000900. The highest BCUT2D eigenvalue weighted by Crippen LogP contribution is 2.62. The van der Waals surface area contributed by atoms with E-state index in [9.17, 15) is 0 Å². The van der Waals surface area contributed by atoms with Crippen LogP contribution in [-0.4, -0.2) is 19.9 Å². The molecular weight excluding hydrogens is 1710 g/mol. The molecule has 0 amide bonds. The Labute approximate surface area is 808 Å². The number of pyridine rings is 4. The molecule has 12 heteroatoms. The molecule has 8 bridgehead atoms. The predicted octanol–water partition coefficient (Wildman–Crippen LogP) is 23.3. The Morgan fingerprint density at radius 1 is 0.300 bits per heavy atom. The standard InChI is InChI=1S/C34H24N3O2.C33H22N3O2.C31H26N.C30H24N/c1-17-8-10-23-24-11-9-18(2)36-34(24)39-33(23)28(17)27-14-35-31-29-21-6-4-5-7-22(21)30(32(31)37(27)3)26-13-20-16-38-15-19(20)12-25(26)29;1-17-9-10-22-23-8-5-11-34-33(23)38-32(22)27(17)26-14-35-30-28-20-6-3-4-7-21(20)29(31(30)36(26)2)25-13-19-16-37-15-18(19)12-24(25)28;1-18-9-4-5-12-22(18)31-30-27(19(2)17-32(31)3)28-23-13-6-7-14-24(23)29(30)26-16-21-11-8-10-20(21)15-25(26)28;1-18-8-3-4-11-21(18)30-29-24(14-15-31(30)2)27-22-12-5-6-13-23(22)28(29)26-17-20-10-7-9-19(20)16-25(26)27/h4-16,29-30H,1-3H3;3-16,28-29H,1-2H3;4-7,9-17,28-29H,8H2,1-3H3;3-6,8-17,27-28H,7H2,1-2H3/q4*+1. The number of benzene rings is 12. The summed E-state index contributed by atoms with van der Waals surface area (Å²) < 4.78 is 33.4. The maximum atomic E-state index is 6.45. The van der Waals surface area contributed by atoms with Gasteiger partial charge in [0.25, 0.3) is 0 Å². The third-order valence-corrected chi connectivity index (χ3v) is 33.0. The van der Waals surface area contributed by atoms with Gasteiger partial charge < -0.3 is 17.7 Å². The summed E-state index contributed by atoms with van der Waals surface area (Å²) in [6.07, 6.45) is 29.4. The number of hydrogen-bond donors (Lipinski definition) is 0. The van der Waals surface area contributed by atoms with Crippen LogP contribution in [0.2, 0.25) is 0 Å². The molecule has 0 saturated heterocycles. The van der Waals surface area contributed by atoms with Gasteiger partial charge in [0.2, 0.25) is 45.6 Å². The van der Waals surface area contributed by atoms with E-state index in [1.807, 2.05) is 56.5 Å². The van der Waals surface area contributed by atoms with Crippen LogP contribution in [0, 0.1) is 41.5 Å². The predicted molar refractivity (Wildman–Crippen MR) is 551 cm³/mol. The molecule has 10 aromatic heterocycles. The highest BCUT2D eigenvalue weighted by molar-refractivity contribution is 6.10. The van der Waals surface area contributed by atoms with Crippen LogP contribution in [0.3, 0.4) is 0 Å². The highest BCUT2D eigenvalue weighted by atomic mass is 16.3. The number of hydrogen-bond acceptors (Lipinski definition) is 8. The SMILES string of the molecule is Cc1ccc2c(n1)oc1c(-c3cnc4c([n+]3C)C3c5ccccc5C4c4cc5cocc5cc43)c(C)ccc12.Cc1ccc2c(oc3ncccc32)c1-c1cnc2c([n+]1C)C1c3ccccc3C2c2cc3cocc3cc21.Cc1ccccc1-c1c2c(c(C)c[n+]1C)C1c3ccccc3C2c2cc3c(cc21)=CCC=3.Cc1ccccc1-c1c2c(cc[n+]1C)C1c3ccccc3C2c2cc3c(cc21)=CCC=3. The zero-order valence-electron chi connectivity index (χ0n) is 79.4. The molecule has 0 aliphatic heterocycles. The smallest absolute Gasteiger partial charge is 0.235 e. The maximum absolute atomic E-state index is 6.45. The van der Waals surface area contributed by atoms with Gasteiger partial charge in [-0.15, -0.1) is 0 Å². The molecule has 12 aromatic carbocycles. The molecule has 36 rings (SSSR count). The zero-order valence-corrected chi connectivity index (χ0v) is 79.4. The van der Waals surface area contributed by atoms with Gasteiger partial charge in [-0.3, -0.25) is 0 Å². The summed E-state index contributed by atoms with van der Waals surface area (Å²) in [6.45, 7) is 13.1. The van der Waals surface area contributed by atoms with Gasteiger partial charge in [0.1, 0.15) is 39.6 Å². The van der Waals surface area contributed by atoms with Gasteiger partial charge in [0, 0.05) is 113 Å². The van der Waals surface area contributed by atoms with Crippen molar-refractivity contribution in [3.8, 4) is 45.0 Å². The van der Waals surface area contributed by atoms with Crippen molar-refractivity contribution in [3.63, 3.8) is 0 Å². The minimum atomic E-state index is 0.0889. The molecule has 140 heavy (non-hydrogen) atoms. The van der Waals surface area contributed by atoms with Crippen LogP contribution >= 0.6 is 0 Å². The van der Waals surface area contributed by atoms with Crippen molar-refractivity contribution in [1.82, 2.24) is 19.9 Å². The molecule has 10 heterocycles. The number of rotatable bonds is 4. The van der Waals surface area contributed by atoms with E-state index in [4.69, 9.17) is 27.6 Å². The van der Waals surface area contributed by atoms with Crippen molar-refractivity contribution < 1.29 is 35.9 Å². The zero-order chi connectivity index (χ0) is 93.4. The van der Waals surface area contributed by atoms with E-state index in [2.05, 4.69) is 364 Å². The van der Waals surface area contributed by atoms with E-state index in [-0.39, 0.29) is 35.5 Å². The summed E-state index contributed by atoms with van der Waals surface area (Å²) in [5.41, 5.74) is 53.5. The van der Waals surface area contributed by atoms with Gasteiger partial charge in [-0.05, 0) is 258 Å². The summed E-state index contributed by atoms with van der Waals surface area (Å²) in [7, 11) is 8.77. The van der Waals surface area contributed by atoms with Crippen LogP contribution < -0.4 is 39.1 Å². The lowest BCUT2D eigenvalue weighted by atomic mass is 9.59. The fourth-order valence-electron chi connectivity index (χ4n) is 27.0. The molecule has 14 aliphatic carbocycles. The third kappa shape index (κ3) is 11.3. The van der Waals surface area contributed by atoms with Crippen molar-refractivity contribution in [2.24, 2.45) is 28.2 Å². The second kappa shape index (κ2) is 30.0. The average molecular weight is 1810 g/mol. The Kier molecular flexibility index (Phi) is 17.3. The van der Waals surface area contributed by atoms with Gasteiger partial charge in [-0.25, -0.2) is 29.1 Å². The molecule has 0 spiro atoms. The van der Waals surface area contributed by atoms with Crippen molar-refractivity contribution in [3.05, 3.63) is 493 Å². The first-order valence-corrected chi connectivity index (χ1v) is 49.2. The normalized spacial score (nSPS) is 18.0. The van der Waals surface area contributed by atoms with Crippen molar-refractivity contribution in [2.45, 2.75) is 102 Å². The molecular formula is C128H96N8O4+4. The van der Waals surface area contributed by atoms with E-state index < -0.39 is 0 Å². The van der Waals surface area contributed by atoms with Crippen LogP contribution in [0.4, 0.5) is 0 Å². The Hall–Kier alpha value is -16.4. The monoisotopic (exact) mass is 1810 g/mol.